The number of carbonyl (C=O) groups is 2. The maximum atomic E-state index is 15.8. The van der Waals surface area contributed by atoms with E-state index in [1.54, 1.807) is 66.8 Å². The Morgan fingerprint density at radius 3 is 2.08 bits per heavy atom. The van der Waals surface area contributed by atoms with Crippen molar-refractivity contribution in [2.24, 2.45) is 0 Å². The second kappa shape index (κ2) is 11.0. The molecule has 2 aromatic heterocycles. The van der Waals surface area contributed by atoms with Crippen LogP contribution in [-0.2, 0) is 15.9 Å². The Morgan fingerprint density at radius 2 is 1.53 bits per heavy atom. The van der Waals surface area contributed by atoms with E-state index in [1.165, 1.54) is 24.5 Å². The number of nitrogens with zero attached hydrogens (tertiary/aromatic N) is 3. The third-order valence-corrected chi connectivity index (χ3v) is 5.47. The molecule has 0 radical (unpaired) electrons. The summed E-state index contributed by atoms with van der Waals surface area (Å²) in [4.78, 5) is 34.5. The number of rotatable bonds is 4. The maximum absolute atomic E-state index is 15.8. The van der Waals surface area contributed by atoms with Gasteiger partial charge in [-0.2, -0.15) is 4.90 Å². The fourth-order valence-corrected chi connectivity index (χ4v) is 3.72. The van der Waals surface area contributed by atoms with E-state index in [1.807, 2.05) is 0 Å². The molecule has 0 saturated heterocycles. The van der Waals surface area contributed by atoms with E-state index in [-0.39, 0.29) is 17.0 Å². The van der Waals surface area contributed by atoms with Gasteiger partial charge in [0.1, 0.15) is 17.0 Å². The molecule has 38 heavy (non-hydrogen) atoms. The van der Waals surface area contributed by atoms with Crippen molar-refractivity contribution in [1.29, 1.82) is 0 Å². The number of benzene rings is 1. The Balaban J connectivity index is 2.04. The van der Waals surface area contributed by atoms with E-state index in [4.69, 9.17) is 21.1 Å². The molecule has 10 heteroatoms. The summed E-state index contributed by atoms with van der Waals surface area (Å²) in [6, 6.07) is 5.76. The summed E-state index contributed by atoms with van der Waals surface area (Å²) in [7, 11) is 0. The van der Waals surface area contributed by atoms with Gasteiger partial charge in [-0.05, 0) is 89.4 Å². The van der Waals surface area contributed by atoms with Crippen LogP contribution in [0.1, 0.15) is 58.2 Å². The summed E-state index contributed by atoms with van der Waals surface area (Å²) in [5.74, 6) is -1.98. The summed E-state index contributed by atoms with van der Waals surface area (Å²) in [6.07, 6.45) is 2.11. The monoisotopic (exact) mass is 545 g/mol. The van der Waals surface area contributed by atoms with Crippen LogP contribution in [0.3, 0.4) is 0 Å². The number of hydrogen-bond acceptors (Lipinski definition) is 6. The van der Waals surface area contributed by atoms with Gasteiger partial charge >= 0.3 is 12.2 Å². The van der Waals surface area contributed by atoms with Crippen molar-refractivity contribution < 1.29 is 27.8 Å². The Hall–Kier alpha value is -3.59. The highest BCUT2D eigenvalue weighted by molar-refractivity contribution is 6.30. The Bertz CT molecular complexity index is 1340. The van der Waals surface area contributed by atoms with Crippen LogP contribution in [0.15, 0.2) is 42.9 Å². The molecule has 3 rings (SSSR count). The van der Waals surface area contributed by atoms with Crippen LogP contribution in [0.5, 0.6) is 0 Å². The third-order valence-electron chi connectivity index (χ3n) is 5.24. The van der Waals surface area contributed by atoms with Crippen molar-refractivity contribution in [2.75, 3.05) is 4.90 Å². The van der Waals surface area contributed by atoms with Crippen molar-refractivity contribution in [3.63, 3.8) is 0 Å². The first kappa shape index (κ1) is 29.0. The fraction of sp³-hybridized carbons (Fsp3) is 0.357. The lowest BCUT2D eigenvalue weighted by Crippen LogP contribution is -2.44. The van der Waals surface area contributed by atoms with Gasteiger partial charge in [0.05, 0.1) is 0 Å². The zero-order chi connectivity index (χ0) is 28.4. The quantitative estimate of drug-likeness (QED) is 0.335. The normalized spacial score (nSPS) is 11.7. The van der Waals surface area contributed by atoms with Gasteiger partial charge < -0.3 is 9.47 Å². The number of halogens is 3. The van der Waals surface area contributed by atoms with E-state index in [0.717, 1.165) is 0 Å². The molecule has 0 fully saturated rings. The van der Waals surface area contributed by atoms with Gasteiger partial charge in [0.2, 0.25) is 0 Å². The molecule has 1 aromatic carbocycles. The van der Waals surface area contributed by atoms with E-state index >= 15 is 4.39 Å². The van der Waals surface area contributed by atoms with Crippen LogP contribution >= 0.6 is 11.6 Å². The summed E-state index contributed by atoms with van der Waals surface area (Å²) >= 11 is 5.88. The average molecular weight is 546 g/mol. The molecule has 7 nitrogen and oxygen atoms in total. The van der Waals surface area contributed by atoms with Gasteiger partial charge in [0.15, 0.2) is 11.6 Å². The van der Waals surface area contributed by atoms with Gasteiger partial charge in [-0.25, -0.2) is 23.4 Å². The highest BCUT2D eigenvalue weighted by Gasteiger charge is 2.36. The highest BCUT2D eigenvalue weighted by atomic mass is 35.5. The molecule has 0 spiro atoms. The minimum Gasteiger partial charge on any atom is -0.443 e. The van der Waals surface area contributed by atoms with Crippen LogP contribution in [-0.4, -0.2) is 33.4 Å². The molecule has 202 valence electrons. The van der Waals surface area contributed by atoms with Gasteiger partial charge in [-0.3, -0.25) is 4.98 Å². The van der Waals surface area contributed by atoms with E-state index < -0.39 is 40.8 Å². The van der Waals surface area contributed by atoms with Gasteiger partial charge in [-0.1, -0.05) is 11.6 Å². The van der Waals surface area contributed by atoms with Crippen molar-refractivity contribution in [3.8, 4) is 11.1 Å². The molecule has 3 aromatic rings. The number of aromatic nitrogens is 2. The molecule has 0 atom stereocenters. The predicted octanol–water partition coefficient (Wildman–Crippen LogP) is 7.65. The topological polar surface area (TPSA) is 81.6 Å². The maximum Gasteiger partial charge on any atom is 0.425 e. The Morgan fingerprint density at radius 1 is 0.921 bits per heavy atom. The molecule has 0 saturated carbocycles. The predicted molar refractivity (Wildman–Crippen MR) is 141 cm³/mol. The largest absolute Gasteiger partial charge is 0.443 e. The molecular formula is C28H30ClF2N3O4. The first-order valence-corrected chi connectivity index (χ1v) is 12.2. The highest BCUT2D eigenvalue weighted by Crippen LogP contribution is 2.31. The third kappa shape index (κ3) is 7.04. The van der Waals surface area contributed by atoms with E-state index in [2.05, 4.69) is 9.97 Å². The number of imide groups is 1. The van der Waals surface area contributed by atoms with Crippen molar-refractivity contribution in [2.45, 2.75) is 66.1 Å². The molecule has 0 aliphatic rings. The zero-order valence-electron chi connectivity index (χ0n) is 22.4. The number of anilines is 1. The molecule has 0 bridgehead atoms. The first-order valence-electron chi connectivity index (χ1n) is 11.9. The van der Waals surface area contributed by atoms with Crippen molar-refractivity contribution >= 4 is 29.6 Å². The van der Waals surface area contributed by atoms with Crippen LogP contribution in [0.25, 0.3) is 11.1 Å². The number of ether oxygens (including phenoxy) is 2. The minimum atomic E-state index is -1.13. The number of pyridine rings is 2. The lowest BCUT2D eigenvalue weighted by molar-refractivity contribution is 0.0427. The Labute approximate surface area is 225 Å². The van der Waals surface area contributed by atoms with Gasteiger partial charge in [-0.15, -0.1) is 0 Å². The summed E-state index contributed by atoms with van der Waals surface area (Å²) < 4.78 is 41.1. The van der Waals surface area contributed by atoms with Crippen LogP contribution in [0.4, 0.5) is 24.2 Å². The SMILES string of the molecule is Cc1c(Cc2ccnc(N(C(=O)OC(C)(C)C)C(=O)OC(C)(C)C)c2F)cncc1-c1ccc(Cl)cc1F. The lowest BCUT2D eigenvalue weighted by atomic mass is 9.95. The second-order valence-electron chi connectivity index (χ2n) is 10.7. The average Bonchev–Trinajstić information content (AvgIpc) is 2.76. The smallest absolute Gasteiger partial charge is 0.425 e. The molecule has 2 amide bonds. The van der Waals surface area contributed by atoms with Crippen molar-refractivity contribution in [3.05, 3.63) is 76.2 Å². The summed E-state index contributed by atoms with van der Waals surface area (Å²) in [5.41, 5.74) is 0.306. The molecule has 2 heterocycles. The lowest BCUT2D eigenvalue weighted by Gasteiger charge is -2.28. The molecule has 0 aliphatic carbocycles. The van der Waals surface area contributed by atoms with Crippen LogP contribution < -0.4 is 4.90 Å². The molecule has 0 aliphatic heterocycles. The summed E-state index contributed by atoms with van der Waals surface area (Å²) in [5, 5.41) is 0.263. The minimum absolute atomic E-state index is 0.0275. The first-order chi connectivity index (χ1) is 17.6. The fourth-order valence-electron chi connectivity index (χ4n) is 3.56. The van der Waals surface area contributed by atoms with Gasteiger partial charge in [0, 0.05) is 41.2 Å². The van der Waals surface area contributed by atoms with Crippen molar-refractivity contribution in [1.82, 2.24) is 9.97 Å². The Kier molecular flexibility index (Phi) is 8.41. The molecular weight excluding hydrogens is 516 g/mol. The second-order valence-corrected chi connectivity index (χ2v) is 11.1. The van der Waals surface area contributed by atoms with Crippen LogP contribution in [0.2, 0.25) is 5.02 Å². The van der Waals surface area contributed by atoms with Crippen LogP contribution in [0, 0.1) is 18.6 Å². The summed E-state index contributed by atoms with van der Waals surface area (Å²) in [6.45, 7) is 11.5. The van der Waals surface area contributed by atoms with E-state index in [9.17, 15) is 14.0 Å². The number of hydrogen-bond donors (Lipinski definition) is 0. The number of amides is 2. The standard InChI is InChI=1S/C28H30ClF2N3O4/c1-16-18(14-32-15-21(16)20-9-8-19(29)13-22(20)30)12-17-10-11-33-24(23(17)31)34(25(35)37-27(2,3)4)26(36)38-28(5,6)7/h8-11,13-15H,12H2,1-7H3. The van der Waals surface area contributed by atoms with E-state index in [0.29, 0.717) is 27.2 Å². The zero-order valence-corrected chi connectivity index (χ0v) is 23.1. The molecule has 0 unspecified atom stereocenters. The number of carbonyl (C=O) groups excluding carboxylic acids is 2. The van der Waals surface area contributed by atoms with Gasteiger partial charge in [0.25, 0.3) is 0 Å². The molecule has 0 N–H and O–H groups in total.